The number of nitrogens with two attached hydrogens (primary N) is 1. The number of ether oxygens (including phenoxy) is 3. The minimum Gasteiger partial charge on any atom is -0.497 e. The van der Waals surface area contributed by atoms with Crippen LogP contribution in [0, 0.1) is 11.3 Å². The summed E-state index contributed by atoms with van der Waals surface area (Å²) in [6.45, 7) is 0. The zero-order chi connectivity index (χ0) is 24.4. The summed E-state index contributed by atoms with van der Waals surface area (Å²) in [6, 6.07) is 16.4. The third kappa shape index (κ3) is 3.84. The molecule has 0 saturated carbocycles. The van der Waals surface area contributed by atoms with Gasteiger partial charge in [-0.3, -0.25) is 9.36 Å². The van der Waals surface area contributed by atoms with Crippen molar-refractivity contribution in [3.63, 3.8) is 0 Å². The molecule has 2 aromatic carbocycles. The zero-order valence-electron chi connectivity index (χ0n) is 18.7. The van der Waals surface area contributed by atoms with Crippen molar-refractivity contribution >= 4 is 34.8 Å². The predicted octanol–water partition coefficient (Wildman–Crippen LogP) is 1.53. The van der Waals surface area contributed by atoms with Crippen molar-refractivity contribution in [3.05, 3.63) is 84.8 Å². The average molecular weight is 476 g/mol. The first-order valence-corrected chi connectivity index (χ1v) is 11.0. The molecular formula is C25H21N3O5S. The molecule has 1 atom stereocenters. The molecule has 34 heavy (non-hydrogen) atoms. The fraction of sp³-hybridized carbons (Fsp3) is 0.160. The first kappa shape index (κ1) is 22.9. The number of rotatable bonds is 5. The second-order valence-electron chi connectivity index (χ2n) is 7.36. The fourth-order valence-corrected chi connectivity index (χ4v) is 5.03. The molecule has 172 valence electrons. The fourth-order valence-electron chi connectivity index (χ4n) is 3.90. The summed E-state index contributed by atoms with van der Waals surface area (Å²) in [7, 11) is 4.31. The van der Waals surface area contributed by atoms with Crippen LogP contribution in [-0.2, 0) is 9.53 Å². The molecule has 0 spiro atoms. The average Bonchev–Trinajstić information content (AvgIpc) is 3.19. The summed E-state index contributed by atoms with van der Waals surface area (Å²) in [6.07, 6.45) is 1.70. The molecule has 0 radical (unpaired) electrons. The van der Waals surface area contributed by atoms with E-state index in [1.165, 1.54) is 18.8 Å². The Labute approximate surface area is 199 Å². The third-order valence-electron chi connectivity index (χ3n) is 5.49. The van der Waals surface area contributed by atoms with Crippen molar-refractivity contribution in [2.24, 2.45) is 5.73 Å². The molecule has 4 rings (SSSR count). The first-order valence-electron chi connectivity index (χ1n) is 10.2. The second kappa shape index (κ2) is 9.29. The lowest BCUT2D eigenvalue weighted by Crippen LogP contribution is -2.40. The molecular weight excluding hydrogens is 454 g/mol. The van der Waals surface area contributed by atoms with E-state index >= 15 is 0 Å². The van der Waals surface area contributed by atoms with Gasteiger partial charge in [0.2, 0.25) is 0 Å². The molecule has 8 nitrogen and oxygen atoms in total. The quantitative estimate of drug-likeness (QED) is 0.556. The lowest BCUT2D eigenvalue weighted by atomic mass is 9.83. The molecule has 2 N–H and O–H groups in total. The maximum Gasteiger partial charge on any atom is 0.338 e. The molecule has 0 amide bonds. The van der Waals surface area contributed by atoms with E-state index in [2.05, 4.69) is 6.07 Å². The maximum atomic E-state index is 13.3. The van der Waals surface area contributed by atoms with Crippen LogP contribution in [0.2, 0.25) is 0 Å². The van der Waals surface area contributed by atoms with Crippen LogP contribution >= 0.6 is 11.3 Å². The summed E-state index contributed by atoms with van der Waals surface area (Å²) in [5.74, 6) is -0.417. The van der Waals surface area contributed by atoms with Crippen LogP contribution < -0.4 is 30.0 Å². The SMILES string of the molecule is COC(=O)C1=C(N)n2c(s/c(=C\c3cccc(OC)c3)c2=O)=C(C#N)[C@@H]1c1cccc(OC)c1. The van der Waals surface area contributed by atoms with Crippen molar-refractivity contribution < 1.29 is 19.0 Å². The van der Waals surface area contributed by atoms with E-state index in [0.29, 0.717) is 26.3 Å². The Morgan fingerprint density at radius 3 is 2.44 bits per heavy atom. The van der Waals surface area contributed by atoms with Gasteiger partial charge in [0.05, 0.1) is 49.0 Å². The van der Waals surface area contributed by atoms with Crippen LogP contribution in [0.15, 0.2) is 58.9 Å². The number of aromatic nitrogens is 1. The van der Waals surface area contributed by atoms with Crippen LogP contribution in [0.5, 0.6) is 11.5 Å². The zero-order valence-corrected chi connectivity index (χ0v) is 19.5. The molecule has 0 fully saturated rings. The van der Waals surface area contributed by atoms with Crippen molar-refractivity contribution in [2.45, 2.75) is 5.92 Å². The van der Waals surface area contributed by atoms with Crippen molar-refractivity contribution in [2.75, 3.05) is 21.3 Å². The Kier molecular flexibility index (Phi) is 6.25. The number of esters is 1. The van der Waals surface area contributed by atoms with Gasteiger partial charge in [0.25, 0.3) is 5.56 Å². The highest BCUT2D eigenvalue weighted by Gasteiger charge is 2.36. The van der Waals surface area contributed by atoms with E-state index in [4.69, 9.17) is 19.9 Å². The highest BCUT2D eigenvalue weighted by Crippen LogP contribution is 2.37. The van der Waals surface area contributed by atoms with Gasteiger partial charge >= 0.3 is 5.97 Å². The number of hydrogen-bond acceptors (Lipinski definition) is 8. The van der Waals surface area contributed by atoms with E-state index in [-0.39, 0.29) is 17.0 Å². The van der Waals surface area contributed by atoms with E-state index in [0.717, 1.165) is 16.9 Å². The van der Waals surface area contributed by atoms with Crippen molar-refractivity contribution in [1.29, 1.82) is 5.26 Å². The molecule has 1 aromatic heterocycles. The van der Waals surface area contributed by atoms with Gasteiger partial charge in [-0.1, -0.05) is 24.3 Å². The summed E-state index contributed by atoms with van der Waals surface area (Å²) in [5.41, 5.74) is 7.56. The smallest absolute Gasteiger partial charge is 0.338 e. The molecule has 0 unspecified atom stereocenters. The largest absolute Gasteiger partial charge is 0.497 e. The summed E-state index contributed by atoms with van der Waals surface area (Å²) in [5, 5.41) is 10.1. The number of benzene rings is 2. The number of carbonyl (C=O) groups is 1. The number of fused-ring (bicyclic) bond motifs is 1. The van der Waals surface area contributed by atoms with Gasteiger partial charge in [-0.2, -0.15) is 5.26 Å². The summed E-state index contributed by atoms with van der Waals surface area (Å²) in [4.78, 5) is 26.2. The summed E-state index contributed by atoms with van der Waals surface area (Å²) < 4.78 is 17.5. The predicted molar refractivity (Wildman–Crippen MR) is 129 cm³/mol. The van der Waals surface area contributed by atoms with Gasteiger partial charge in [0, 0.05) is 0 Å². The summed E-state index contributed by atoms with van der Waals surface area (Å²) >= 11 is 1.13. The second-order valence-corrected chi connectivity index (χ2v) is 8.39. The highest BCUT2D eigenvalue weighted by molar-refractivity contribution is 7.07. The lowest BCUT2D eigenvalue weighted by molar-refractivity contribution is -0.136. The number of nitriles is 1. The van der Waals surface area contributed by atoms with Gasteiger partial charge in [0.1, 0.15) is 22.0 Å². The number of carbonyl (C=O) groups excluding carboxylic acids is 1. The molecule has 0 saturated heterocycles. The first-order chi connectivity index (χ1) is 16.4. The van der Waals surface area contributed by atoms with Crippen LogP contribution in [0.25, 0.3) is 17.5 Å². The number of nitrogens with zero attached hydrogens (tertiary/aromatic N) is 2. The maximum absolute atomic E-state index is 13.3. The number of hydrogen-bond donors (Lipinski definition) is 1. The number of thiazole rings is 1. The lowest BCUT2D eigenvalue weighted by Gasteiger charge is -2.25. The molecule has 0 bridgehead atoms. The van der Waals surface area contributed by atoms with Gasteiger partial charge in [-0.15, -0.1) is 11.3 Å². The topological polar surface area (TPSA) is 117 Å². The Balaban J connectivity index is 2.06. The van der Waals surface area contributed by atoms with Crippen LogP contribution in [0.1, 0.15) is 17.0 Å². The molecule has 3 aromatic rings. The Hall–Kier alpha value is -4.29. The molecule has 9 heteroatoms. The molecule has 2 heterocycles. The Morgan fingerprint density at radius 1 is 1.12 bits per heavy atom. The molecule has 0 aliphatic carbocycles. The van der Waals surface area contributed by atoms with E-state index < -0.39 is 17.4 Å². The molecule has 1 aliphatic rings. The van der Waals surface area contributed by atoms with Gasteiger partial charge < -0.3 is 19.9 Å². The highest BCUT2D eigenvalue weighted by atomic mass is 32.1. The standard InChI is InChI=1S/C25H21N3O5S/c1-31-16-8-4-6-14(10-16)11-19-23(29)28-22(27)21(25(30)33-3)20(18(13-26)24(28)34-19)15-7-5-9-17(12-15)32-2/h4-12,20H,27H2,1-3H3/b19-11-/t20-/m0/s1. The van der Waals surface area contributed by atoms with E-state index in [1.54, 1.807) is 49.6 Å². The van der Waals surface area contributed by atoms with Crippen LogP contribution in [0.4, 0.5) is 0 Å². The molecule has 1 aliphatic heterocycles. The number of methoxy groups -OCH3 is 3. The van der Waals surface area contributed by atoms with E-state index in [1.807, 2.05) is 12.1 Å². The van der Waals surface area contributed by atoms with Gasteiger partial charge in [-0.25, -0.2) is 4.79 Å². The van der Waals surface area contributed by atoms with Gasteiger partial charge in [0.15, 0.2) is 0 Å². The normalized spacial score (nSPS) is 15.5. The van der Waals surface area contributed by atoms with E-state index in [9.17, 15) is 14.9 Å². The van der Waals surface area contributed by atoms with Gasteiger partial charge in [-0.05, 0) is 41.5 Å². The monoisotopic (exact) mass is 475 g/mol. The minimum atomic E-state index is -0.824. The Morgan fingerprint density at radius 2 is 1.79 bits per heavy atom. The van der Waals surface area contributed by atoms with Crippen LogP contribution in [-0.4, -0.2) is 31.9 Å². The minimum absolute atomic E-state index is 0.0210. The van der Waals surface area contributed by atoms with Crippen LogP contribution in [0.3, 0.4) is 0 Å². The van der Waals surface area contributed by atoms with Crippen molar-refractivity contribution in [1.82, 2.24) is 4.57 Å². The van der Waals surface area contributed by atoms with Crippen molar-refractivity contribution in [3.8, 4) is 17.6 Å². The third-order valence-corrected chi connectivity index (χ3v) is 6.60. The Bertz CT molecular complexity index is 1540.